The van der Waals surface area contributed by atoms with Gasteiger partial charge in [-0.3, -0.25) is 4.79 Å². The van der Waals surface area contributed by atoms with E-state index < -0.39 is 0 Å². The lowest BCUT2D eigenvalue weighted by Gasteiger charge is -2.46. The smallest absolute Gasteiger partial charge is 0.139 e. The van der Waals surface area contributed by atoms with E-state index in [0.29, 0.717) is 30.8 Å². The van der Waals surface area contributed by atoms with E-state index in [2.05, 4.69) is 34.2 Å². The lowest BCUT2D eigenvalue weighted by Crippen LogP contribution is -2.42. The van der Waals surface area contributed by atoms with Crippen molar-refractivity contribution < 1.29 is 9.63 Å². The lowest BCUT2D eigenvalue weighted by atomic mass is 9.58. The third-order valence-electron chi connectivity index (χ3n) is 8.58. The number of rotatable bonds is 6. The van der Waals surface area contributed by atoms with Gasteiger partial charge in [-0.2, -0.15) is 0 Å². The number of carbonyl (C=O) groups excluding carboxylic acids is 1. The Morgan fingerprint density at radius 3 is 2.88 bits per heavy atom. The van der Waals surface area contributed by atoms with E-state index in [0.717, 1.165) is 56.2 Å². The molecule has 4 rings (SSSR count). The number of aromatic nitrogens is 3. The molecule has 0 saturated heterocycles. The van der Waals surface area contributed by atoms with Crippen LogP contribution in [0.15, 0.2) is 11.4 Å². The van der Waals surface area contributed by atoms with E-state index in [-0.39, 0.29) is 5.41 Å². The molecule has 3 saturated carbocycles. The van der Waals surface area contributed by atoms with Crippen molar-refractivity contribution in [3.63, 3.8) is 0 Å². The highest BCUT2D eigenvalue weighted by atomic mass is 16.6. The van der Waals surface area contributed by atoms with Crippen molar-refractivity contribution in [1.82, 2.24) is 19.9 Å². The zero-order valence-corrected chi connectivity index (χ0v) is 21.1. The molecule has 7 heteroatoms. The molecule has 0 aromatic carbocycles. The van der Waals surface area contributed by atoms with Crippen LogP contribution in [-0.2, 0) is 22.7 Å². The topological polar surface area (TPSA) is 72.6 Å². The van der Waals surface area contributed by atoms with Crippen LogP contribution in [0.4, 0.5) is 0 Å². The van der Waals surface area contributed by atoms with Crippen molar-refractivity contribution in [3.05, 3.63) is 11.9 Å². The highest BCUT2D eigenvalue weighted by Gasteiger charge is 2.53. The van der Waals surface area contributed by atoms with Crippen molar-refractivity contribution in [2.75, 3.05) is 20.7 Å². The van der Waals surface area contributed by atoms with E-state index in [1.807, 2.05) is 25.0 Å². The third kappa shape index (κ3) is 5.84. The van der Waals surface area contributed by atoms with Crippen LogP contribution in [0.25, 0.3) is 0 Å². The van der Waals surface area contributed by atoms with E-state index in [1.165, 1.54) is 37.8 Å². The first-order valence-corrected chi connectivity index (χ1v) is 13.1. The van der Waals surface area contributed by atoms with Gasteiger partial charge in [-0.1, -0.05) is 30.6 Å². The average molecular weight is 458 g/mol. The fourth-order valence-corrected chi connectivity index (χ4v) is 6.78. The molecule has 184 valence electrons. The normalized spacial score (nSPS) is 34.3. The first-order valence-electron chi connectivity index (χ1n) is 13.1. The summed E-state index contributed by atoms with van der Waals surface area (Å²) in [6.07, 6.45) is 13.3. The molecule has 0 aliphatic heterocycles. The number of Topliss-reactive ketones (excluding diaryl/α,β-unsaturated/α-hetero) is 1. The predicted octanol–water partition coefficient (Wildman–Crippen LogP) is 4.71. The minimum Gasteiger partial charge on any atom is -0.394 e. The molecule has 7 nitrogen and oxygen atoms in total. The Morgan fingerprint density at radius 1 is 1.21 bits per heavy atom. The zero-order valence-electron chi connectivity index (χ0n) is 21.1. The van der Waals surface area contributed by atoms with Crippen LogP contribution in [0.3, 0.4) is 0 Å². The minimum absolute atomic E-state index is 0.0215. The van der Waals surface area contributed by atoms with Crippen molar-refractivity contribution >= 4 is 11.5 Å². The van der Waals surface area contributed by atoms with E-state index in [9.17, 15) is 4.79 Å². The highest BCUT2D eigenvalue weighted by Crippen LogP contribution is 2.56. The summed E-state index contributed by atoms with van der Waals surface area (Å²) in [5.41, 5.74) is 2.16. The van der Waals surface area contributed by atoms with Gasteiger partial charge in [0.1, 0.15) is 12.4 Å². The van der Waals surface area contributed by atoms with Gasteiger partial charge in [0.2, 0.25) is 0 Å². The van der Waals surface area contributed by atoms with Crippen LogP contribution < -0.4 is 0 Å². The Kier molecular flexibility index (Phi) is 7.87. The van der Waals surface area contributed by atoms with Gasteiger partial charge in [-0.05, 0) is 89.1 Å². The summed E-state index contributed by atoms with van der Waals surface area (Å²) in [6.45, 7) is 6.60. The summed E-state index contributed by atoms with van der Waals surface area (Å²) in [5, 5.41) is 12.9. The molecule has 1 aromatic heterocycles. The second kappa shape index (κ2) is 10.7. The molecule has 5 unspecified atom stereocenters. The van der Waals surface area contributed by atoms with Gasteiger partial charge in [0.05, 0.1) is 18.0 Å². The summed E-state index contributed by atoms with van der Waals surface area (Å²) >= 11 is 0. The van der Waals surface area contributed by atoms with Crippen molar-refractivity contribution in [3.8, 4) is 0 Å². The molecule has 3 fully saturated rings. The van der Waals surface area contributed by atoms with Crippen LogP contribution >= 0.6 is 0 Å². The van der Waals surface area contributed by atoms with E-state index in [1.54, 1.807) is 0 Å². The Hall–Kier alpha value is -1.76. The van der Waals surface area contributed by atoms with Gasteiger partial charge in [-0.15, -0.1) is 5.10 Å². The summed E-state index contributed by atoms with van der Waals surface area (Å²) in [7, 11) is 4.05. The van der Waals surface area contributed by atoms with Crippen LogP contribution in [0.5, 0.6) is 0 Å². The van der Waals surface area contributed by atoms with Crippen LogP contribution in [0.1, 0.15) is 83.7 Å². The second-order valence-electron chi connectivity index (χ2n) is 11.4. The predicted molar refractivity (Wildman–Crippen MR) is 130 cm³/mol. The van der Waals surface area contributed by atoms with Gasteiger partial charge in [0.15, 0.2) is 0 Å². The fourth-order valence-electron chi connectivity index (χ4n) is 6.78. The first kappa shape index (κ1) is 24.4. The first-order chi connectivity index (χ1) is 15.8. The minimum atomic E-state index is -0.0215. The molecule has 1 heterocycles. The largest absolute Gasteiger partial charge is 0.394 e. The van der Waals surface area contributed by atoms with Crippen LogP contribution in [0, 0.1) is 29.1 Å². The number of fused-ring (bicyclic) bond motifs is 3. The summed E-state index contributed by atoms with van der Waals surface area (Å²) in [5.74, 6) is 3.31. The number of carbonyl (C=O) groups is 1. The zero-order chi connectivity index (χ0) is 23.4. The molecule has 0 amide bonds. The summed E-state index contributed by atoms with van der Waals surface area (Å²) in [6, 6.07) is 0. The molecule has 5 atom stereocenters. The molecule has 1 aromatic rings. The molecular weight excluding hydrogens is 414 g/mol. The molecule has 0 bridgehead atoms. The van der Waals surface area contributed by atoms with Crippen LogP contribution in [-0.4, -0.2) is 52.1 Å². The lowest BCUT2D eigenvalue weighted by molar-refractivity contribution is -0.130. The SMILES string of the molecule is CC1CCC2C(CCCC(=NOCCn3cc(CN(C)C)nn3)C1)CCC1(C)C(=O)CCC21. The monoisotopic (exact) mass is 457 g/mol. The molecular formula is C26H43N5O2. The maximum absolute atomic E-state index is 12.6. The molecule has 33 heavy (non-hydrogen) atoms. The van der Waals surface area contributed by atoms with Gasteiger partial charge < -0.3 is 9.74 Å². The summed E-state index contributed by atoms with van der Waals surface area (Å²) in [4.78, 5) is 20.4. The number of oxime groups is 1. The maximum Gasteiger partial charge on any atom is 0.139 e. The van der Waals surface area contributed by atoms with Crippen molar-refractivity contribution in [1.29, 1.82) is 0 Å². The van der Waals surface area contributed by atoms with Crippen LogP contribution in [0.2, 0.25) is 0 Å². The van der Waals surface area contributed by atoms with E-state index >= 15 is 0 Å². The quantitative estimate of drug-likeness (QED) is 0.457. The third-order valence-corrected chi connectivity index (χ3v) is 8.58. The fraction of sp³-hybridized carbons (Fsp3) is 0.846. The highest BCUT2D eigenvalue weighted by molar-refractivity contribution is 5.87. The van der Waals surface area contributed by atoms with Gasteiger partial charge >= 0.3 is 0 Å². The Labute approximate surface area is 199 Å². The average Bonchev–Trinajstić information content (AvgIpc) is 3.33. The number of nitrogens with zero attached hydrogens (tertiary/aromatic N) is 5. The van der Waals surface area contributed by atoms with Crippen molar-refractivity contribution in [2.45, 2.75) is 91.1 Å². The van der Waals surface area contributed by atoms with Gasteiger partial charge in [0, 0.05) is 24.6 Å². The number of hydrogen-bond donors (Lipinski definition) is 0. The Balaban J connectivity index is 1.29. The maximum atomic E-state index is 12.6. The Morgan fingerprint density at radius 2 is 2.06 bits per heavy atom. The molecule has 0 spiro atoms. The number of ketones is 1. The number of hydrogen-bond acceptors (Lipinski definition) is 6. The molecule has 3 aliphatic carbocycles. The van der Waals surface area contributed by atoms with Gasteiger partial charge in [-0.25, -0.2) is 4.68 Å². The van der Waals surface area contributed by atoms with Crippen molar-refractivity contribution in [2.24, 2.45) is 34.2 Å². The molecule has 3 aliphatic rings. The van der Waals surface area contributed by atoms with E-state index in [4.69, 9.17) is 4.84 Å². The second-order valence-corrected chi connectivity index (χ2v) is 11.4. The summed E-state index contributed by atoms with van der Waals surface area (Å²) < 4.78 is 1.83. The Bertz CT molecular complexity index is 834. The van der Waals surface area contributed by atoms with Gasteiger partial charge in [0.25, 0.3) is 0 Å². The molecule has 0 N–H and O–H groups in total. The standard InChI is InChI=1S/C26H43N5O2/c1-19-8-9-23-20(12-13-26(2)24(23)10-11-25(26)32)6-5-7-21(16-19)28-33-15-14-31-18-22(27-29-31)17-30(3)4/h18-20,23-24H,5-17H2,1-4H3. The molecule has 0 radical (unpaired) electrons.